The third-order valence-corrected chi connectivity index (χ3v) is 8.38. The maximum atomic E-state index is 14.7. The number of benzene rings is 2. The van der Waals surface area contributed by atoms with Crippen LogP contribution in [0.2, 0.25) is 0 Å². The van der Waals surface area contributed by atoms with Crippen molar-refractivity contribution in [3.05, 3.63) is 71.3 Å². The molecule has 1 saturated heterocycles. The largest absolute Gasteiger partial charge is 0.338 e. The molecule has 2 aromatic carbocycles. The molecule has 2 aromatic rings. The standard InChI is InChI=1S/C30H39F2N3O/c1-33(19-22-8-3-2-4-9-22)21-29(30(36)34-17-7-11-23-10-5-6-12-28(23)34)35(26-15-16-26)20-24-13-14-25(31)18-27(24)32/h2-4,8-9,13-14,18,23,26,28-29H,5-7,10-12,15-17,19-21H2,1H3/t23-,28+,29-/m1/s1. The molecule has 36 heavy (non-hydrogen) atoms. The summed E-state index contributed by atoms with van der Waals surface area (Å²) in [5.74, 6) is -0.292. The van der Waals surface area contributed by atoms with Gasteiger partial charge in [0.15, 0.2) is 0 Å². The van der Waals surface area contributed by atoms with Crippen molar-refractivity contribution in [2.45, 2.75) is 82.6 Å². The number of nitrogens with zero attached hydrogens (tertiary/aromatic N) is 3. The first-order chi connectivity index (χ1) is 17.5. The number of halogens is 2. The first kappa shape index (κ1) is 25.3. The van der Waals surface area contributed by atoms with Gasteiger partial charge in [-0.1, -0.05) is 49.2 Å². The summed E-state index contributed by atoms with van der Waals surface area (Å²) in [6.07, 6.45) is 9.10. The minimum Gasteiger partial charge on any atom is -0.338 e. The number of carbonyl (C=O) groups excluding carboxylic acids is 1. The van der Waals surface area contributed by atoms with Crippen molar-refractivity contribution in [1.82, 2.24) is 14.7 Å². The number of amides is 1. The third kappa shape index (κ3) is 5.97. The average molecular weight is 496 g/mol. The van der Waals surface area contributed by atoms with Gasteiger partial charge < -0.3 is 9.80 Å². The highest BCUT2D eigenvalue weighted by atomic mass is 19.1. The Labute approximate surface area is 214 Å². The van der Waals surface area contributed by atoms with Crippen LogP contribution in [0.3, 0.4) is 0 Å². The zero-order valence-corrected chi connectivity index (χ0v) is 21.4. The Morgan fingerprint density at radius 2 is 1.72 bits per heavy atom. The minimum atomic E-state index is -0.568. The van der Waals surface area contributed by atoms with E-state index in [4.69, 9.17) is 0 Å². The van der Waals surface area contributed by atoms with E-state index < -0.39 is 11.6 Å². The van der Waals surface area contributed by atoms with E-state index in [2.05, 4.69) is 33.9 Å². The second kappa shape index (κ2) is 11.4. The molecule has 0 N–H and O–H groups in total. The van der Waals surface area contributed by atoms with Crippen LogP contribution in [-0.2, 0) is 17.9 Å². The van der Waals surface area contributed by atoms with E-state index in [9.17, 15) is 13.6 Å². The third-order valence-electron chi connectivity index (χ3n) is 8.38. The monoisotopic (exact) mass is 495 g/mol. The molecule has 5 rings (SSSR count). The van der Waals surface area contributed by atoms with Crippen LogP contribution in [0, 0.1) is 17.6 Å². The van der Waals surface area contributed by atoms with E-state index in [1.54, 1.807) is 0 Å². The number of carbonyl (C=O) groups is 1. The quantitative estimate of drug-likeness (QED) is 0.452. The summed E-state index contributed by atoms with van der Waals surface area (Å²) in [5, 5.41) is 0. The van der Waals surface area contributed by atoms with Crippen molar-refractivity contribution in [3.8, 4) is 0 Å². The van der Waals surface area contributed by atoms with Crippen LogP contribution in [0.4, 0.5) is 8.78 Å². The van der Waals surface area contributed by atoms with Crippen LogP contribution in [0.25, 0.3) is 0 Å². The number of piperidine rings is 1. The molecule has 3 fully saturated rings. The van der Waals surface area contributed by atoms with Crippen LogP contribution in [-0.4, -0.2) is 58.9 Å². The Kier molecular flexibility index (Phi) is 8.02. The smallest absolute Gasteiger partial charge is 0.241 e. The SMILES string of the molecule is CN(Cc1ccccc1)C[C@H](C(=O)N1CCC[C@H]2CCCC[C@@H]21)N(Cc1ccc(F)cc1F)C1CC1. The van der Waals surface area contributed by atoms with E-state index in [0.29, 0.717) is 30.6 Å². The maximum Gasteiger partial charge on any atom is 0.241 e. The van der Waals surface area contributed by atoms with Gasteiger partial charge in [-0.15, -0.1) is 0 Å². The van der Waals surface area contributed by atoms with Crippen LogP contribution in [0.15, 0.2) is 48.5 Å². The van der Waals surface area contributed by atoms with Gasteiger partial charge >= 0.3 is 0 Å². The lowest BCUT2D eigenvalue weighted by Gasteiger charge is -2.47. The van der Waals surface area contributed by atoms with Gasteiger partial charge in [0.2, 0.25) is 5.91 Å². The lowest BCUT2D eigenvalue weighted by Crippen LogP contribution is -2.59. The van der Waals surface area contributed by atoms with Crippen molar-refractivity contribution in [2.24, 2.45) is 5.92 Å². The minimum absolute atomic E-state index is 0.195. The fourth-order valence-electron chi connectivity index (χ4n) is 6.42. The highest BCUT2D eigenvalue weighted by Crippen LogP contribution is 2.37. The van der Waals surface area contributed by atoms with Crippen LogP contribution in [0.1, 0.15) is 62.5 Å². The van der Waals surface area contributed by atoms with Crippen LogP contribution in [0.5, 0.6) is 0 Å². The molecule has 1 heterocycles. The number of hydrogen-bond acceptors (Lipinski definition) is 3. The van der Waals surface area contributed by atoms with Gasteiger partial charge in [-0.3, -0.25) is 9.69 Å². The van der Waals surface area contributed by atoms with Gasteiger partial charge in [-0.05, 0) is 63.1 Å². The van der Waals surface area contributed by atoms with E-state index in [-0.39, 0.29) is 18.0 Å². The zero-order valence-electron chi connectivity index (χ0n) is 21.4. The number of likely N-dealkylation sites (tertiary alicyclic amines) is 1. The number of fused-ring (bicyclic) bond motifs is 1. The molecule has 0 radical (unpaired) electrons. The summed E-state index contributed by atoms with van der Waals surface area (Å²) >= 11 is 0. The van der Waals surface area contributed by atoms with Gasteiger partial charge in [0, 0.05) is 49.9 Å². The highest BCUT2D eigenvalue weighted by Gasteiger charge is 2.43. The predicted octanol–water partition coefficient (Wildman–Crippen LogP) is 5.61. The van der Waals surface area contributed by atoms with Crippen molar-refractivity contribution in [2.75, 3.05) is 20.1 Å². The van der Waals surface area contributed by atoms with Crippen LogP contribution >= 0.6 is 0 Å². The lowest BCUT2D eigenvalue weighted by atomic mass is 9.78. The Balaban J connectivity index is 1.41. The normalized spacial score (nSPS) is 23.1. The van der Waals surface area contributed by atoms with Gasteiger partial charge in [0.1, 0.15) is 17.7 Å². The van der Waals surface area contributed by atoms with Crippen molar-refractivity contribution in [3.63, 3.8) is 0 Å². The number of likely N-dealkylation sites (N-methyl/N-ethyl adjacent to an activating group) is 1. The Bertz CT molecular complexity index is 1030. The van der Waals surface area contributed by atoms with Gasteiger partial charge in [-0.25, -0.2) is 8.78 Å². The summed E-state index contributed by atoms with van der Waals surface area (Å²) in [5.41, 5.74) is 1.67. The summed E-state index contributed by atoms with van der Waals surface area (Å²) in [4.78, 5) is 21.0. The molecule has 194 valence electrons. The van der Waals surface area contributed by atoms with Gasteiger partial charge in [0.25, 0.3) is 0 Å². The molecule has 4 nitrogen and oxygen atoms in total. The second-order valence-corrected chi connectivity index (χ2v) is 11.1. The van der Waals surface area contributed by atoms with Crippen molar-refractivity contribution in [1.29, 1.82) is 0 Å². The highest BCUT2D eigenvalue weighted by molar-refractivity contribution is 5.83. The summed E-state index contributed by atoms with van der Waals surface area (Å²) < 4.78 is 28.3. The Hall–Kier alpha value is -2.31. The van der Waals surface area contributed by atoms with Crippen LogP contribution < -0.4 is 0 Å². The van der Waals surface area contributed by atoms with E-state index >= 15 is 0 Å². The molecule has 0 spiro atoms. The van der Waals surface area contributed by atoms with Crippen molar-refractivity contribution >= 4 is 5.91 Å². The molecular formula is C30H39F2N3O. The first-order valence-corrected chi connectivity index (χ1v) is 13.7. The van der Waals surface area contributed by atoms with E-state index in [1.807, 2.05) is 18.2 Å². The molecule has 1 amide bonds. The number of rotatable bonds is 9. The molecule has 0 aromatic heterocycles. The van der Waals surface area contributed by atoms with Crippen molar-refractivity contribution < 1.29 is 13.6 Å². The van der Waals surface area contributed by atoms with E-state index in [0.717, 1.165) is 44.8 Å². The molecule has 0 bridgehead atoms. The second-order valence-electron chi connectivity index (χ2n) is 11.1. The molecule has 2 saturated carbocycles. The molecule has 2 aliphatic carbocycles. The average Bonchev–Trinajstić information content (AvgIpc) is 3.72. The molecule has 3 aliphatic rings. The fourth-order valence-corrected chi connectivity index (χ4v) is 6.42. The fraction of sp³-hybridized carbons (Fsp3) is 0.567. The summed E-state index contributed by atoms with van der Waals surface area (Å²) in [6.45, 7) is 2.48. The van der Waals surface area contributed by atoms with Gasteiger partial charge in [-0.2, -0.15) is 0 Å². The maximum absolute atomic E-state index is 14.7. The number of hydrogen-bond donors (Lipinski definition) is 0. The molecule has 0 unspecified atom stereocenters. The summed E-state index contributed by atoms with van der Waals surface area (Å²) in [7, 11) is 2.07. The van der Waals surface area contributed by atoms with Gasteiger partial charge in [0.05, 0.1) is 0 Å². The lowest BCUT2D eigenvalue weighted by molar-refractivity contribution is -0.145. The Morgan fingerprint density at radius 3 is 2.47 bits per heavy atom. The molecule has 6 heteroatoms. The summed E-state index contributed by atoms with van der Waals surface area (Å²) in [6, 6.07) is 14.4. The molecule has 3 atom stereocenters. The molecule has 1 aliphatic heterocycles. The molecular weight excluding hydrogens is 456 g/mol. The first-order valence-electron chi connectivity index (χ1n) is 13.7. The van der Waals surface area contributed by atoms with E-state index in [1.165, 1.54) is 43.4 Å². The predicted molar refractivity (Wildman–Crippen MR) is 138 cm³/mol. The zero-order chi connectivity index (χ0) is 25.1. The Morgan fingerprint density at radius 1 is 0.972 bits per heavy atom. The topological polar surface area (TPSA) is 26.8 Å².